The number of esters is 1. The summed E-state index contributed by atoms with van der Waals surface area (Å²) in [5.41, 5.74) is 1.77. The predicted octanol–water partition coefficient (Wildman–Crippen LogP) is 2.06. The van der Waals surface area contributed by atoms with Crippen LogP contribution < -0.4 is 4.90 Å². The molecule has 0 saturated carbocycles. The summed E-state index contributed by atoms with van der Waals surface area (Å²) in [4.78, 5) is 24.6. The van der Waals surface area contributed by atoms with Crippen molar-refractivity contribution in [3.05, 3.63) is 29.8 Å². The van der Waals surface area contributed by atoms with Gasteiger partial charge in [0.2, 0.25) is 5.91 Å². The lowest BCUT2D eigenvalue weighted by Gasteiger charge is -2.20. The summed E-state index contributed by atoms with van der Waals surface area (Å²) in [6.45, 7) is 1.99. The molecular weight excluding hydrogens is 256 g/mol. The minimum atomic E-state index is -0.433. The van der Waals surface area contributed by atoms with Crippen molar-refractivity contribution in [3.8, 4) is 6.07 Å². The van der Waals surface area contributed by atoms with Gasteiger partial charge in [-0.3, -0.25) is 14.5 Å². The van der Waals surface area contributed by atoms with Crippen LogP contribution in [-0.2, 0) is 20.7 Å². The van der Waals surface area contributed by atoms with E-state index in [-0.39, 0.29) is 25.3 Å². The molecule has 0 aliphatic heterocycles. The van der Waals surface area contributed by atoms with Gasteiger partial charge in [-0.2, -0.15) is 5.26 Å². The molecule has 1 rings (SSSR count). The van der Waals surface area contributed by atoms with Crippen molar-refractivity contribution in [2.45, 2.75) is 26.2 Å². The van der Waals surface area contributed by atoms with Gasteiger partial charge >= 0.3 is 5.97 Å². The van der Waals surface area contributed by atoms with Crippen molar-refractivity contribution in [1.82, 2.24) is 0 Å². The third-order valence-corrected chi connectivity index (χ3v) is 2.93. The van der Waals surface area contributed by atoms with Gasteiger partial charge < -0.3 is 4.74 Å². The molecule has 0 aliphatic rings. The lowest BCUT2D eigenvalue weighted by Crippen LogP contribution is -2.31. The van der Waals surface area contributed by atoms with Gasteiger partial charge in [-0.15, -0.1) is 0 Å². The van der Waals surface area contributed by atoms with Crippen LogP contribution in [0.1, 0.15) is 25.3 Å². The Morgan fingerprint density at radius 3 is 2.70 bits per heavy atom. The van der Waals surface area contributed by atoms with E-state index < -0.39 is 5.97 Å². The number of carbonyl (C=O) groups excluding carboxylic acids is 2. The molecule has 0 saturated heterocycles. The van der Waals surface area contributed by atoms with E-state index in [0.29, 0.717) is 5.69 Å². The molecule has 20 heavy (non-hydrogen) atoms. The van der Waals surface area contributed by atoms with Crippen molar-refractivity contribution in [2.24, 2.45) is 0 Å². The Morgan fingerprint density at radius 1 is 1.35 bits per heavy atom. The summed E-state index contributed by atoms with van der Waals surface area (Å²) in [6, 6.07) is 9.46. The van der Waals surface area contributed by atoms with Crippen molar-refractivity contribution >= 4 is 17.6 Å². The maximum absolute atomic E-state index is 12.1. The number of nitrogens with zero attached hydrogens (tertiary/aromatic N) is 2. The van der Waals surface area contributed by atoms with Gasteiger partial charge in [0.1, 0.15) is 6.54 Å². The Hall–Kier alpha value is -2.35. The highest BCUT2D eigenvalue weighted by molar-refractivity contribution is 5.95. The molecule has 0 heterocycles. The summed E-state index contributed by atoms with van der Waals surface area (Å²) in [5, 5.41) is 8.86. The van der Waals surface area contributed by atoms with Crippen molar-refractivity contribution in [3.63, 3.8) is 0 Å². The van der Waals surface area contributed by atoms with Crippen LogP contribution in [0, 0.1) is 11.3 Å². The molecule has 1 aromatic carbocycles. The average molecular weight is 274 g/mol. The Morgan fingerprint density at radius 2 is 2.10 bits per heavy atom. The minimum Gasteiger partial charge on any atom is -0.469 e. The minimum absolute atomic E-state index is 0.0186. The SMILES string of the molecule is CCc1cccc(N(CC#N)C(=O)CCC(=O)OC)c1. The van der Waals surface area contributed by atoms with Crippen LogP contribution >= 0.6 is 0 Å². The third-order valence-electron chi connectivity index (χ3n) is 2.93. The Labute approximate surface area is 118 Å². The normalized spacial score (nSPS) is 9.65. The quantitative estimate of drug-likeness (QED) is 0.588. The fraction of sp³-hybridized carbons (Fsp3) is 0.400. The summed E-state index contributed by atoms with van der Waals surface area (Å²) >= 11 is 0. The number of ether oxygens (including phenoxy) is 1. The van der Waals surface area contributed by atoms with Gasteiger partial charge in [0, 0.05) is 12.1 Å². The van der Waals surface area contributed by atoms with Gasteiger partial charge in [-0.25, -0.2) is 0 Å². The number of carbonyl (C=O) groups is 2. The number of benzene rings is 1. The van der Waals surface area contributed by atoms with Crippen molar-refractivity contribution in [2.75, 3.05) is 18.6 Å². The van der Waals surface area contributed by atoms with Crippen LogP contribution in [0.2, 0.25) is 0 Å². The molecule has 0 aliphatic carbocycles. The van der Waals surface area contributed by atoms with E-state index in [4.69, 9.17) is 5.26 Å². The molecule has 106 valence electrons. The fourth-order valence-corrected chi connectivity index (χ4v) is 1.78. The molecule has 1 amide bonds. The first-order valence-electron chi connectivity index (χ1n) is 6.45. The second-order valence-electron chi connectivity index (χ2n) is 4.24. The van der Waals surface area contributed by atoms with Gasteiger partial charge in [0.05, 0.1) is 19.6 Å². The highest BCUT2D eigenvalue weighted by Crippen LogP contribution is 2.18. The number of hydrogen-bond donors (Lipinski definition) is 0. The van der Waals surface area contributed by atoms with Crippen LogP contribution in [0.5, 0.6) is 0 Å². The second kappa shape index (κ2) is 7.95. The van der Waals surface area contributed by atoms with E-state index in [1.54, 1.807) is 6.07 Å². The second-order valence-corrected chi connectivity index (χ2v) is 4.24. The van der Waals surface area contributed by atoms with Gasteiger partial charge in [0.15, 0.2) is 0 Å². The Kier molecular flexibility index (Phi) is 6.24. The van der Waals surface area contributed by atoms with Crippen LogP contribution in [0.25, 0.3) is 0 Å². The molecule has 1 aromatic rings. The first-order valence-corrected chi connectivity index (χ1v) is 6.45. The predicted molar refractivity (Wildman–Crippen MR) is 75.0 cm³/mol. The number of aryl methyl sites for hydroxylation is 1. The first-order chi connectivity index (χ1) is 9.62. The fourth-order valence-electron chi connectivity index (χ4n) is 1.78. The number of nitriles is 1. The molecule has 0 fully saturated rings. The van der Waals surface area contributed by atoms with E-state index in [0.717, 1.165) is 12.0 Å². The van der Waals surface area contributed by atoms with Gasteiger partial charge in [-0.05, 0) is 24.1 Å². The van der Waals surface area contributed by atoms with Crippen LogP contribution in [0.15, 0.2) is 24.3 Å². The van der Waals surface area contributed by atoms with Crippen LogP contribution in [-0.4, -0.2) is 25.5 Å². The van der Waals surface area contributed by atoms with Crippen LogP contribution in [0.3, 0.4) is 0 Å². The lowest BCUT2D eigenvalue weighted by atomic mass is 10.1. The highest BCUT2D eigenvalue weighted by atomic mass is 16.5. The van der Waals surface area contributed by atoms with Gasteiger partial charge in [-0.1, -0.05) is 19.1 Å². The number of hydrogen-bond acceptors (Lipinski definition) is 4. The molecular formula is C15H18N2O3. The monoisotopic (exact) mass is 274 g/mol. The standard InChI is InChI=1S/C15H18N2O3/c1-3-12-5-4-6-13(11-12)17(10-9-16)14(18)7-8-15(19)20-2/h4-6,11H,3,7-8,10H2,1-2H3. The maximum Gasteiger partial charge on any atom is 0.306 e. The van der Waals surface area contributed by atoms with Gasteiger partial charge in [0.25, 0.3) is 0 Å². The lowest BCUT2D eigenvalue weighted by molar-refractivity contribution is -0.141. The molecule has 0 radical (unpaired) electrons. The number of amides is 1. The average Bonchev–Trinajstić information content (AvgIpc) is 2.49. The van der Waals surface area contributed by atoms with E-state index in [9.17, 15) is 9.59 Å². The largest absolute Gasteiger partial charge is 0.469 e. The van der Waals surface area contributed by atoms with E-state index in [1.165, 1.54) is 12.0 Å². The number of anilines is 1. The summed E-state index contributed by atoms with van der Waals surface area (Å²) in [5.74, 6) is -0.692. The van der Waals surface area contributed by atoms with E-state index >= 15 is 0 Å². The molecule has 0 bridgehead atoms. The zero-order valence-electron chi connectivity index (χ0n) is 11.8. The molecule has 5 heteroatoms. The summed E-state index contributed by atoms with van der Waals surface area (Å²) in [7, 11) is 1.28. The topological polar surface area (TPSA) is 70.4 Å². The Balaban J connectivity index is 2.84. The molecule has 5 nitrogen and oxygen atoms in total. The van der Waals surface area contributed by atoms with Crippen molar-refractivity contribution in [1.29, 1.82) is 5.26 Å². The maximum atomic E-state index is 12.1. The molecule has 0 N–H and O–H groups in total. The zero-order chi connectivity index (χ0) is 15.0. The Bertz CT molecular complexity index is 520. The molecule has 0 spiro atoms. The first kappa shape index (κ1) is 15.7. The molecule has 0 unspecified atom stereocenters. The zero-order valence-corrected chi connectivity index (χ0v) is 11.8. The highest BCUT2D eigenvalue weighted by Gasteiger charge is 2.17. The van der Waals surface area contributed by atoms with Crippen molar-refractivity contribution < 1.29 is 14.3 Å². The smallest absolute Gasteiger partial charge is 0.306 e. The molecule has 0 atom stereocenters. The number of rotatable bonds is 6. The van der Waals surface area contributed by atoms with E-state index in [2.05, 4.69) is 4.74 Å². The number of methoxy groups -OCH3 is 1. The van der Waals surface area contributed by atoms with Crippen LogP contribution in [0.4, 0.5) is 5.69 Å². The third kappa shape index (κ3) is 4.39. The summed E-state index contributed by atoms with van der Waals surface area (Å²) in [6.07, 6.45) is 0.903. The molecule has 0 aromatic heterocycles. The van der Waals surface area contributed by atoms with E-state index in [1.807, 2.05) is 31.2 Å². The summed E-state index contributed by atoms with van der Waals surface area (Å²) < 4.78 is 4.51.